The number of nitrogens with two attached hydrogens (primary N) is 1. The third kappa shape index (κ3) is 2.88. The summed E-state index contributed by atoms with van der Waals surface area (Å²) in [6.45, 7) is 0.646. The molecule has 0 amide bonds. The summed E-state index contributed by atoms with van der Waals surface area (Å²) < 4.78 is 1.02. The predicted molar refractivity (Wildman–Crippen MR) is 85.4 cm³/mol. The monoisotopic (exact) mass is 328 g/mol. The molecule has 4 nitrogen and oxygen atoms in total. The number of nitrogens with zero attached hydrogens (tertiary/aromatic N) is 2. The van der Waals surface area contributed by atoms with Gasteiger partial charge in [-0.3, -0.25) is 0 Å². The third-order valence-corrected chi connectivity index (χ3v) is 3.44. The van der Waals surface area contributed by atoms with Crippen LogP contribution in [-0.4, -0.2) is 9.97 Å². The van der Waals surface area contributed by atoms with Crippen molar-refractivity contribution in [1.29, 1.82) is 0 Å². The molecule has 0 radical (unpaired) electrons. The van der Waals surface area contributed by atoms with E-state index in [9.17, 15) is 0 Å². The molecule has 0 unspecified atom stereocenters. The predicted octanol–water partition coefficient (Wildman–Crippen LogP) is 3.59. The van der Waals surface area contributed by atoms with Crippen molar-refractivity contribution >= 4 is 38.5 Å². The van der Waals surface area contributed by atoms with Gasteiger partial charge in [0.25, 0.3) is 0 Å². The second-order valence-corrected chi connectivity index (χ2v) is 5.41. The Bertz CT molecular complexity index is 758. The van der Waals surface area contributed by atoms with Gasteiger partial charge in [-0.1, -0.05) is 28.1 Å². The van der Waals surface area contributed by atoms with Gasteiger partial charge in [0.2, 0.25) is 5.95 Å². The normalized spacial score (nSPS) is 10.7. The van der Waals surface area contributed by atoms with E-state index in [2.05, 4.69) is 31.2 Å². The van der Waals surface area contributed by atoms with E-state index in [1.54, 1.807) is 0 Å². The molecule has 20 heavy (non-hydrogen) atoms. The molecular formula is C15H13BrN4. The van der Waals surface area contributed by atoms with Crippen molar-refractivity contribution in [2.75, 3.05) is 11.1 Å². The van der Waals surface area contributed by atoms with Gasteiger partial charge in [0.15, 0.2) is 0 Å². The van der Waals surface area contributed by atoms with E-state index in [4.69, 9.17) is 5.73 Å². The molecular weight excluding hydrogens is 316 g/mol. The highest BCUT2D eigenvalue weighted by atomic mass is 79.9. The van der Waals surface area contributed by atoms with E-state index in [0.717, 1.165) is 26.6 Å². The molecule has 3 aromatic rings. The minimum atomic E-state index is 0.613. The van der Waals surface area contributed by atoms with Crippen LogP contribution in [0.5, 0.6) is 0 Å². The number of nitrogen functional groups attached to an aromatic ring is 1. The first kappa shape index (κ1) is 12.9. The molecule has 5 heteroatoms. The molecule has 0 fully saturated rings. The summed E-state index contributed by atoms with van der Waals surface area (Å²) in [6, 6.07) is 13.7. The smallest absolute Gasteiger partial charge is 0.223 e. The van der Waals surface area contributed by atoms with Crippen LogP contribution in [0.15, 0.2) is 53.1 Å². The highest BCUT2D eigenvalue weighted by Gasteiger charge is 2.01. The Balaban J connectivity index is 1.79. The Hall–Kier alpha value is -2.14. The fourth-order valence-corrected chi connectivity index (χ4v) is 2.35. The first-order valence-corrected chi connectivity index (χ1v) is 7.00. The van der Waals surface area contributed by atoms with Crippen molar-refractivity contribution in [3.63, 3.8) is 0 Å². The lowest BCUT2D eigenvalue weighted by atomic mass is 10.2. The van der Waals surface area contributed by atoms with Crippen molar-refractivity contribution in [3.05, 3.63) is 58.7 Å². The summed E-state index contributed by atoms with van der Waals surface area (Å²) in [5, 5.41) is 4.21. The van der Waals surface area contributed by atoms with Gasteiger partial charge in [0.05, 0.1) is 5.52 Å². The first-order valence-electron chi connectivity index (χ1n) is 6.21. The Labute approximate surface area is 125 Å². The summed E-state index contributed by atoms with van der Waals surface area (Å²) >= 11 is 3.44. The van der Waals surface area contributed by atoms with Crippen molar-refractivity contribution < 1.29 is 0 Å². The van der Waals surface area contributed by atoms with Gasteiger partial charge in [-0.2, -0.15) is 0 Å². The number of halogens is 1. The highest BCUT2D eigenvalue weighted by Crippen LogP contribution is 2.18. The maximum absolute atomic E-state index is 5.75. The SMILES string of the molecule is Nc1cccc(CNc2ncc3cc(Br)ccc3n2)c1. The number of aromatic nitrogens is 2. The average Bonchev–Trinajstić information content (AvgIpc) is 2.45. The molecule has 2 aromatic carbocycles. The second-order valence-electron chi connectivity index (χ2n) is 4.50. The number of fused-ring (bicyclic) bond motifs is 1. The Morgan fingerprint density at radius 1 is 1.15 bits per heavy atom. The molecule has 0 saturated carbocycles. The van der Waals surface area contributed by atoms with Crippen LogP contribution in [0.1, 0.15) is 5.56 Å². The standard InChI is InChI=1S/C15H13BrN4/c16-12-4-5-14-11(7-12)9-19-15(20-14)18-8-10-2-1-3-13(17)6-10/h1-7,9H,8,17H2,(H,18,19,20). The van der Waals surface area contributed by atoms with Gasteiger partial charge in [0, 0.05) is 28.3 Å². The Kier molecular flexibility index (Phi) is 3.52. The molecule has 0 aliphatic heterocycles. The molecule has 3 N–H and O–H groups in total. The zero-order chi connectivity index (χ0) is 13.9. The summed E-state index contributed by atoms with van der Waals surface area (Å²) in [7, 11) is 0. The number of hydrogen-bond acceptors (Lipinski definition) is 4. The molecule has 0 aliphatic rings. The van der Waals surface area contributed by atoms with Gasteiger partial charge >= 0.3 is 0 Å². The molecule has 0 bridgehead atoms. The zero-order valence-corrected chi connectivity index (χ0v) is 12.3. The van der Waals surface area contributed by atoms with Gasteiger partial charge < -0.3 is 11.1 Å². The largest absolute Gasteiger partial charge is 0.399 e. The van der Waals surface area contributed by atoms with Crippen molar-refractivity contribution in [3.8, 4) is 0 Å². The summed E-state index contributed by atoms with van der Waals surface area (Å²) in [4.78, 5) is 8.79. The van der Waals surface area contributed by atoms with Gasteiger partial charge in [-0.15, -0.1) is 0 Å². The van der Waals surface area contributed by atoms with Gasteiger partial charge in [0.1, 0.15) is 0 Å². The zero-order valence-electron chi connectivity index (χ0n) is 10.7. The van der Waals surface area contributed by atoms with Crippen LogP contribution in [0.2, 0.25) is 0 Å². The van der Waals surface area contributed by atoms with E-state index in [0.29, 0.717) is 12.5 Å². The lowest BCUT2D eigenvalue weighted by Crippen LogP contribution is -2.03. The first-order chi connectivity index (χ1) is 9.70. The lowest BCUT2D eigenvalue weighted by Gasteiger charge is -2.06. The van der Waals surface area contributed by atoms with Crippen LogP contribution in [0.25, 0.3) is 10.9 Å². The fraction of sp³-hybridized carbons (Fsp3) is 0.0667. The third-order valence-electron chi connectivity index (χ3n) is 2.94. The van der Waals surface area contributed by atoms with Crippen LogP contribution in [0.4, 0.5) is 11.6 Å². The molecule has 1 heterocycles. The maximum Gasteiger partial charge on any atom is 0.223 e. The van der Waals surface area contributed by atoms with E-state index >= 15 is 0 Å². The van der Waals surface area contributed by atoms with Crippen LogP contribution < -0.4 is 11.1 Å². The minimum absolute atomic E-state index is 0.613. The highest BCUT2D eigenvalue weighted by molar-refractivity contribution is 9.10. The number of rotatable bonds is 3. The average molecular weight is 329 g/mol. The number of nitrogens with one attached hydrogen (secondary N) is 1. The summed E-state index contributed by atoms with van der Waals surface area (Å²) in [5.74, 6) is 0.613. The fourth-order valence-electron chi connectivity index (χ4n) is 1.97. The van der Waals surface area contributed by atoms with E-state index in [1.165, 1.54) is 0 Å². The summed E-state index contributed by atoms with van der Waals surface area (Å²) in [5.41, 5.74) is 8.53. The molecule has 100 valence electrons. The second kappa shape index (κ2) is 5.46. The Morgan fingerprint density at radius 3 is 2.90 bits per heavy atom. The van der Waals surface area contributed by atoms with Crippen LogP contribution in [0, 0.1) is 0 Å². The minimum Gasteiger partial charge on any atom is -0.399 e. The molecule has 0 aliphatic carbocycles. The topological polar surface area (TPSA) is 63.8 Å². The Morgan fingerprint density at radius 2 is 2.05 bits per heavy atom. The number of benzene rings is 2. The molecule has 0 atom stereocenters. The van der Waals surface area contributed by atoms with E-state index < -0.39 is 0 Å². The van der Waals surface area contributed by atoms with Gasteiger partial charge in [-0.05, 0) is 35.9 Å². The van der Waals surface area contributed by atoms with E-state index in [1.807, 2.05) is 48.7 Å². The number of hydrogen-bond donors (Lipinski definition) is 2. The lowest BCUT2D eigenvalue weighted by molar-refractivity contribution is 1.07. The quantitative estimate of drug-likeness (QED) is 0.721. The van der Waals surface area contributed by atoms with Crippen LogP contribution in [0.3, 0.4) is 0 Å². The molecule has 0 saturated heterocycles. The number of anilines is 2. The summed E-state index contributed by atoms with van der Waals surface area (Å²) in [6.07, 6.45) is 1.81. The molecule has 1 aromatic heterocycles. The van der Waals surface area contributed by atoms with Crippen molar-refractivity contribution in [2.24, 2.45) is 0 Å². The molecule has 3 rings (SSSR count). The van der Waals surface area contributed by atoms with Crippen LogP contribution >= 0.6 is 15.9 Å². The van der Waals surface area contributed by atoms with Crippen LogP contribution in [-0.2, 0) is 6.54 Å². The van der Waals surface area contributed by atoms with Crippen molar-refractivity contribution in [1.82, 2.24) is 9.97 Å². The van der Waals surface area contributed by atoms with Crippen molar-refractivity contribution in [2.45, 2.75) is 6.54 Å². The van der Waals surface area contributed by atoms with Gasteiger partial charge in [-0.25, -0.2) is 9.97 Å². The van der Waals surface area contributed by atoms with E-state index in [-0.39, 0.29) is 0 Å². The molecule has 0 spiro atoms. The maximum atomic E-state index is 5.75.